The van der Waals surface area contributed by atoms with Crippen LogP contribution in [0.2, 0.25) is 0 Å². The zero-order valence-corrected chi connectivity index (χ0v) is 17.9. The number of hydrogen-bond donors (Lipinski definition) is 0. The van der Waals surface area contributed by atoms with Crippen molar-refractivity contribution in [3.8, 4) is 11.4 Å². The van der Waals surface area contributed by atoms with Gasteiger partial charge in [0, 0.05) is 38.8 Å². The summed E-state index contributed by atoms with van der Waals surface area (Å²) >= 11 is 1.39. The number of rotatable bonds is 5. The molecule has 1 saturated heterocycles. The number of nitrogens with zero attached hydrogens (tertiary/aromatic N) is 5. The second-order valence-electron chi connectivity index (χ2n) is 7.29. The van der Waals surface area contributed by atoms with E-state index in [0.29, 0.717) is 42.8 Å². The first kappa shape index (κ1) is 20.4. The van der Waals surface area contributed by atoms with Crippen molar-refractivity contribution in [3.63, 3.8) is 0 Å². The molecule has 4 rings (SSSR count). The van der Waals surface area contributed by atoms with E-state index in [1.54, 1.807) is 12.1 Å². The third kappa shape index (κ3) is 4.18. The maximum atomic E-state index is 14.0. The van der Waals surface area contributed by atoms with Gasteiger partial charge >= 0.3 is 0 Å². The highest BCUT2D eigenvalue weighted by Gasteiger charge is 2.23. The molecule has 1 fully saturated rings. The number of hydrogen-bond acceptors (Lipinski definition) is 5. The van der Waals surface area contributed by atoms with E-state index in [1.807, 2.05) is 58.7 Å². The lowest BCUT2D eigenvalue weighted by Crippen LogP contribution is -2.49. The molecule has 3 aromatic rings. The van der Waals surface area contributed by atoms with E-state index < -0.39 is 0 Å². The summed E-state index contributed by atoms with van der Waals surface area (Å²) in [6, 6.07) is 14.8. The van der Waals surface area contributed by atoms with Gasteiger partial charge in [-0.15, -0.1) is 10.2 Å². The summed E-state index contributed by atoms with van der Waals surface area (Å²) in [5.41, 5.74) is 2.77. The molecular weight excluding hydrogens is 401 g/mol. The second-order valence-corrected chi connectivity index (χ2v) is 8.23. The summed E-state index contributed by atoms with van der Waals surface area (Å²) in [5, 5.41) is 9.30. The van der Waals surface area contributed by atoms with Crippen LogP contribution in [0.5, 0.6) is 0 Å². The number of aryl methyl sites for hydroxylation is 1. The van der Waals surface area contributed by atoms with Crippen LogP contribution in [0.15, 0.2) is 53.7 Å². The zero-order chi connectivity index (χ0) is 21.1. The molecule has 0 atom stereocenters. The van der Waals surface area contributed by atoms with Crippen molar-refractivity contribution in [3.05, 3.63) is 59.9 Å². The minimum atomic E-state index is -0.223. The minimum Gasteiger partial charge on any atom is -0.366 e. The maximum absolute atomic E-state index is 14.0. The number of para-hydroxylation sites is 1. The molecule has 0 radical (unpaired) electrons. The zero-order valence-electron chi connectivity index (χ0n) is 17.1. The van der Waals surface area contributed by atoms with E-state index in [1.165, 1.54) is 17.8 Å². The number of piperazine rings is 1. The average Bonchev–Trinajstić information content (AvgIpc) is 3.13. The van der Waals surface area contributed by atoms with Crippen LogP contribution in [-0.2, 0) is 11.8 Å². The predicted molar refractivity (Wildman–Crippen MR) is 117 cm³/mol. The monoisotopic (exact) mass is 425 g/mol. The van der Waals surface area contributed by atoms with Crippen LogP contribution in [0.1, 0.15) is 5.56 Å². The van der Waals surface area contributed by atoms with Gasteiger partial charge in [-0.25, -0.2) is 4.39 Å². The molecule has 156 valence electrons. The third-order valence-electron chi connectivity index (χ3n) is 5.37. The molecule has 1 aliphatic heterocycles. The largest absolute Gasteiger partial charge is 0.366 e. The molecule has 1 aromatic heterocycles. The molecule has 0 unspecified atom stereocenters. The highest BCUT2D eigenvalue weighted by Crippen LogP contribution is 2.25. The Bertz CT molecular complexity index is 1050. The lowest BCUT2D eigenvalue weighted by molar-refractivity contribution is -0.128. The van der Waals surface area contributed by atoms with Crippen LogP contribution in [0, 0.1) is 12.7 Å². The fourth-order valence-corrected chi connectivity index (χ4v) is 4.44. The van der Waals surface area contributed by atoms with Gasteiger partial charge in [-0.05, 0) is 24.6 Å². The van der Waals surface area contributed by atoms with Crippen molar-refractivity contribution in [2.45, 2.75) is 12.1 Å². The third-order valence-corrected chi connectivity index (χ3v) is 6.38. The van der Waals surface area contributed by atoms with E-state index in [9.17, 15) is 9.18 Å². The van der Waals surface area contributed by atoms with Crippen LogP contribution < -0.4 is 4.90 Å². The van der Waals surface area contributed by atoms with Crippen LogP contribution in [0.25, 0.3) is 11.4 Å². The fourth-order valence-electron chi connectivity index (χ4n) is 3.62. The van der Waals surface area contributed by atoms with Crippen LogP contribution >= 0.6 is 11.8 Å². The van der Waals surface area contributed by atoms with Crippen molar-refractivity contribution in [2.75, 3.05) is 36.8 Å². The Morgan fingerprint density at radius 3 is 2.47 bits per heavy atom. The number of benzene rings is 2. The van der Waals surface area contributed by atoms with Gasteiger partial charge in [-0.2, -0.15) is 0 Å². The number of amides is 1. The van der Waals surface area contributed by atoms with Gasteiger partial charge in [0.05, 0.1) is 11.4 Å². The summed E-state index contributed by atoms with van der Waals surface area (Å²) in [4.78, 5) is 16.5. The van der Waals surface area contributed by atoms with Gasteiger partial charge in [0.1, 0.15) is 5.82 Å². The van der Waals surface area contributed by atoms with Crippen molar-refractivity contribution in [1.29, 1.82) is 0 Å². The molecule has 0 saturated carbocycles. The molecule has 0 N–H and O–H groups in total. The number of carbonyl (C=O) groups excluding carboxylic acids is 1. The van der Waals surface area contributed by atoms with E-state index >= 15 is 0 Å². The smallest absolute Gasteiger partial charge is 0.233 e. The molecule has 30 heavy (non-hydrogen) atoms. The first-order valence-electron chi connectivity index (χ1n) is 9.90. The molecule has 0 aliphatic carbocycles. The molecule has 0 bridgehead atoms. The molecule has 1 aliphatic rings. The summed E-state index contributed by atoms with van der Waals surface area (Å²) in [5.74, 6) is 0.939. The Morgan fingerprint density at radius 1 is 1.03 bits per heavy atom. The van der Waals surface area contributed by atoms with Crippen molar-refractivity contribution >= 4 is 23.4 Å². The number of anilines is 1. The standard InChI is InChI=1S/C22H24FN5OS/c1-16-7-3-4-8-17(16)21-24-25-22(26(21)2)30-15-20(29)28-13-11-27(12-14-28)19-10-6-5-9-18(19)23/h3-10H,11-15H2,1-2H3. The van der Waals surface area contributed by atoms with Crippen molar-refractivity contribution in [2.24, 2.45) is 7.05 Å². The Labute approximate surface area is 179 Å². The van der Waals surface area contributed by atoms with E-state index in [4.69, 9.17) is 0 Å². The Kier molecular flexibility index (Phi) is 6.03. The highest BCUT2D eigenvalue weighted by atomic mass is 32.2. The van der Waals surface area contributed by atoms with Gasteiger partial charge < -0.3 is 14.4 Å². The molecular formula is C22H24FN5OS. The molecule has 2 heterocycles. The molecule has 0 spiro atoms. The minimum absolute atomic E-state index is 0.0635. The lowest BCUT2D eigenvalue weighted by Gasteiger charge is -2.36. The SMILES string of the molecule is Cc1ccccc1-c1nnc(SCC(=O)N2CCN(c3ccccc3F)CC2)n1C. The Morgan fingerprint density at radius 2 is 1.73 bits per heavy atom. The van der Waals surface area contributed by atoms with E-state index in [-0.39, 0.29) is 11.7 Å². The van der Waals surface area contributed by atoms with Gasteiger partial charge in [-0.1, -0.05) is 48.2 Å². The first-order valence-corrected chi connectivity index (χ1v) is 10.9. The molecule has 2 aromatic carbocycles. The fraction of sp³-hybridized carbons (Fsp3) is 0.318. The highest BCUT2D eigenvalue weighted by molar-refractivity contribution is 7.99. The van der Waals surface area contributed by atoms with E-state index in [0.717, 1.165) is 17.0 Å². The number of carbonyl (C=O) groups is 1. The van der Waals surface area contributed by atoms with Gasteiger partial charge in [-0.3, -0.25) is 4.79 Å². The molecule has 8 heteroatoms. The second kappa shape index (κ2) is 8.87. The van der Waals surface area contributed by atoms with Crippen LogP contribution in [0.3, 0.4) is 0 Å². The summed E-state index contributed by atoms with van der Waals surface area (Å²) in [7, 11) is 1.92. The number of thioether (sulfide) groups is 1. The topological polar surface area (TPSA) is 54.3 Å². The summed E-state index contributed by atoms with van der Waals surface area (Å²) in [6.07, 6.45) is 0. The predicted octanol–water partition coefficient (Wildman–Crippen LogP) is 3.37. The molecule has 6 nitrogen and oxygen atoms in total. The van der Waals surface area contributed by atoms with E-state index in [2.05, 4.69) is 10.2 Å². The van der Waals surface area contributed by atoms with Crippen LogP contribution in [-0.4, -0.2) is 57.5 Å². The lowest BCUT2D eigenvalue weighted by atomic mass is 10.1. The maximum Gasteiger partial charge on any atom is 0.233 e. The van der Waals surface area contributed by atoms with Gasteiger partial charge in [0.15, 0.2) is 11.0 Å². The van der Waals surface area contributed by atoms with Crippen LogP contribution in [0.4, 0.5) is 10.1 Å². The first-order chi connectivity index (χ1) is 14.5. The van der Waals surface area contributed by atoms with Crippen molar-refractivity contribution < 1.29 is 9.18 Å². The number of aromatic nitrogens is 3. The molecule has 1 amide bonds. The summed E-state index contributed by atoms with van der Waals surface area (Å²) in [6.45, 7) is 4.46. The Balaban J connectivity index is 1.34. The average molecular weight is 426 g/mol. The van der Waals surface area contributed by atoms with Crippen molar-refractivity contribution in [1.82, 2.24) is 19.7 Å². The number of halogens is 1. The summed E-state index contributed by atoms with van der Waals surface area (Å²) < 4.78 is 15.9. The normalized spacial score (nSPS) is 14.2. The quantitative estimate of drug-likeness (QED) is 0.587. The van der Waals surface area contributed by atoms with Gasteiger partial charge in [0.25, 0.3) is 0 Å². The Hall–Kier alpha value is -2.87. The van der Waals surface area contributed by atoms with Gasteiger partial charge in [0.2, 0.25) is 5.91 Å².